The van der Waals surface area contributed by atoms with Crippen LogP contribution in [0.5, 0.6) is 0 Å². The molecular weight excluding hydrogens is 268 g/mol. The first kappa shape index (κ1) is 11.6. The summed E-state index contributed by atoms with van der Waals surface area (Å²) in [4.78, 5) is 16.0. The second-order valence-electron chi connectivity index (χ2n) is 4.37. The van der Waals surface area contributed by atoms with E-state index in [-0.39, 0.29) is 11.8 Å². The minimum absolute atomic E-state index is 0.133. The number of halogens is 1. The van der Waals surface area contributed by atoms with Crippen LogP contribution in [-0.2, 0) is 4.79 Å². The van der Waals surface area contributed by atoms with Crippen LogP contribution < -0.4 is 5.32 Å². The topological polar surface area (TPSA) is 42.0 Å². The molecule has 3 nitrogen and oxygen atoms in total. The van der Waals surface area contributed by atoms with E-state index in [0.717, 1.165) is 29.6 Å². The third-order valence-corrected chi connectivity index (χ3v) is 3.66. The third kappa shape index (κ3) is 2.61. The molecule has 2 atom stereocenters. The smallest absolute Gasteiger partial charge is 0.227 e. The van der Waals surface area contributed by atoms with Crippen LogP contribution in [0.3, 0.4) is 0 Å². The fourth-order valence-electron chi connectivity index (χ4n) is 2.22. The number of hydrogen-bond donors (Lipinski definition) is 1. The van der Waals surface area contributed by atoms with E-state index in [1.54, 1.807) is 6.20 Å². The number of rotatable bonds is 2. The standard InChI is InChI=1S/C12H15BrN2O/c1-8-3-2-4-10(8)12(16)15-9-5-6-11(13)14-7-9/h5-8,10H,2-4H2,1H3,(H,15,16). The lowest BCUT2D eigenvalue weighted by Crippen LogP contribution is -2.24. The SMILES string of the molecule is CC1CCCC1C(=O)Nc1ccc(Br)nc1. The Bertz CT molecular complexity index is 377. The normalized spacial score (nSPS) is 24.4. The van der Waals surface area contributed by atoms with Gasteiger partial charge in [-0.25, -0.2) is 4.98 Å². The van der Waals surface area contributed by atoms with Crippen molar-refractivity contribution in [2.45, 2.75) is 26.2 Å². The lowest BCUT2D eigenvalue weighted by Gasteiger charge is -2.14. The summed E-state index contributed by atoms with van der Waals surface area (Å²) in [6, 6.07) is 3.68. The van der Waals surface area contributed by atoms with Crippen LogP contribution >= 0.6 is 15.9 Å². The Hall–Kier alpha value is -0.900. The van der Waals surface area contributed by atoms with E-state index in [2.05, 4.69) is 33.2 Å². The Morgan fingerprint density at radius 3 is 2.88 bits per heavy atom. The lowest BCUT2D eigenvalue weighted by molar-refractivity contribution is -0.120. The first-order chi connectivity index (χ1) is 7.66. The number of pyridine rings is 1. The Morgan fingerprint density at radius 1 is 1.50 bits per heavy atom. The van der Waals surface area contributed by atoms with Crippen LogP contribution in [-0.4, -0.2) is 10.9 Å². The van der Waals surface area contributed by atoms with Crippen molar-refractivity contribution in [1.82, 2.24) is 4.98 Å². The predicted octanol–water partition coefficient (Wildman–Crippen LogP) is 3.22. The molecule has 0 aliphatic heterocycles. The Labute approximate surface area is 104 Å². The number of anilines is 1. The van der Waals surface area contributed by atoms with Crippen molar-refractivity contribution in [3.63, 3.8) is 0 Å². The molecule has 1 aliphatic carbocycles. The van der Waals surface area contributed by atoms with Crippen LogP contribution in [0.2, 0.25) is 0 Å². The van der Waals surface area contributed by atoms with Crippen molar-refractivity contribution in [2.24, 2.45) is 11.8 Å². The summed E-state index contributed by atoms with van der Waals surface area (Å²) in [5.74, 6) is 0.807. The molecule has 0 aromatic carbocycles. The van der Waals surface area contributed by atoms with E-state index >= 15 is 0 Å². The average Bonchev–Trinajstić information content (AvgIpc) is 2.68. The third-order valence-electron chi connectivity index (χ3n) is 3.19. The predicted molar refractivity (Wildman–Crippen MR) is 67.1 cm³/mol. The monoisotopic (exact) mass is 282 g/mol. The number of aromatic nitrogens is 1. The highest BCUT2D eigenvalue weighted by Crippen LogP contribution is 2.31. The highest BCUT2D eigenvalue weighted by Gasteiger charge is 2.29. The molecule has 1 aromatic heterocycles. The van der Waals surface area contributed by atoms with Crippen LogP contribution in [0.1, 0.15) is 26.2 Å². The summed E-state index contributed by atoms with van der Waals surface area (Å²) in [5.41, 5.74) is 0.771. The number of hydrogen-bond acceptors (Lipinski definition) is 2. The molecule has 2 rings (SSSR count). The zero-order valence-corrected chi connectivity index (χ0v) is 10.8. The van der Waals surface area contributed by atoms with Crippen LogP contribution in [0, 0.1) is 11.8 Å². The zero-order valence-electron chi connectivity index (χ0n) is 9.24. The molecule has 1 aromatic rings. The molecule has 4 heteroatoms. The van der Waals surface area contributed by atoms with Gasteiger partial charge in [-0.1, -0.05) is 13.3 Å². The second-order valence-corrected chi connectivity index (χ2v) is 5.19. The molecule has 0 spiro atoms. The van der Waals surface area contributed by atoms with E-state index in [0.29, 0.717) is 5.92 Å². The van der Waals surface area contributed by atoms with E-state index in [1.807, 2.05) is 12.1 Å². The van der Waals surface area contributed by atoms with E-state index < -0.39 is 0 Å². The minimum atomic E-state index is 0.133. The maximum absolute atomic E-state index is 12.0. The zero-order chi connectivity index (χ0) is 11.5. The maximum atomic E-state index is 12.0. The van der Waals surface area contributed by atoms with E-state index in [1.165, 1.54) is 0 Å². The van der Waals surface area contributed by atoms with Crippen LogP contribution in [0.15, 0.2) is 22.9 Å². The number of carbonyl (C=O) groups excluding carboxylic acids is 1. The number of nitrogens with zero attached hydrogens (tertiary/aromatic N) is 1. The van der Waals surface area contributed by atoms with E-state index in [4.69, 9.17) is 0 Å². The highest BCUT2D eigenvalue weighted by atomic mass is 79.9. The van der Waals surface area contributed by atoms with Gasteiger partial charge in [0.1, 0.15) is 4.60 Å². The molecule has 1 heterocycles. The summed E-state index contributed by atoms with van der Waals surface area (Å²) < 4.78 is 0.778. The van der Waals surface area contributed by atoms with Gasteiger partial charge in [0.25, 0.3) is 0 Å². The van der Waals surface area contributed by atoms with Gasteiger partial charge in [0.05, 0.1) is 11.9 Å². The molecular formula is C12H15BrN2O. The Balaban J connectivity index is 1.99. The molecule has 86 valence electrons. The van der Waals surface area contributed by atoms with Crippen molar-refractivity contribution in [3.05, 3.63) is 22.9 Å². The lowest BCUT2D eigenvalue weighted by atomic mass is 9.97. The van der Waals surface area contributed by atoms with Crippen molar-refractivity contribution in [3.8, 4) is 0 Å². The molecule has 1 aliphatic rings. The van der Waals surface area contributed by atoms with Crippen molar-refractivity contribution in [2.75, 3.05) is 5.32 Å². The first-order valence-electron chi connectivity index (χ1n) is 5.59. The number of nitrogens with one attached hydrogen (secondary N) is 1. The summed E-state index contributed by atoms with van der Waals surface area (Å²) in [7, 11) is 0. The van der Waals surface area contributed by atoms with Gasteiger partial charge in [0.2, 0.25) is 5.91 Å². The minimum Gasteiger partial charge on any atom is -0.324 e. The molecule has 0 radical (unpaired) electrons. The van der Waals surface area contributed by atoms with Gasteiger partial charge in [-0.15, -0.1) is 0 Å². The van der Waals surface area contributed by atoms with Crippen molar-refractivity contribution in [1.29, 1.82) is 0 Å². The van der Waals surface area contributed by atoms with Crippen LogP contribution in [0.4, 0.5) is 5.69 Å². The molecule has 0 bridgehead atoms. The summed E-state index contributed by atoms with van der Waals surface area (Å²) >= 11 is 3.26. The first-order valence-corrected chi connectivity index (χ1v) is 6.38. The van der Waals surface area contributed by atoms with Gasteiger partial charge in [-0.05, 0) is 46.8 Å². The summed E-state index contributed by atoms with van der Waals surface area (Å²) in [6.07, 6.45) is 5.01. The molecule has 1 fully saturated rings. The average molecular weight is 283 g/mol. The number of amides is 1. The number of carbonyl (C=O) groups is 1. The summed E-state index contributed by atoms with van der Waals surface area (Å²) in [5, 5.41) is 2.92. The van der Waals surface area contributed by atoms with Gasteiger partial charge in [0, 0.05) is 5.92 Å². The van der Waals surface area contributed by atoms with Crippen molar-refractivity contribution < 1.29 is 4.79 Å². The molecule has 2 unspecified atom stereocenters. The molecule has 1 N–H and O–H groups in total. The van der Waals surface area contributed by atoms with E-state index in [9.17, 15) is 4.79 Å². The van der Waals surface area contributed by atoms with Crippen LogP contribution in [0.25, 0.3) is 0 Å². The Morgan fingerprint density at radius 2 is 2.31 bits per heavy atom. The highest BCUT2D eigenvalue weighted by molar-refractivity contribution is 9.10. The van der Waals surface area contributed by atoms with Crippen molar-refractivity contribution >= 4 is 27.5 Å². The second kappa shape index (κ2) is 4.95. The largest absolute Gasteiger partial charge is 0.324 e. The molecule has 16 heavy (non-hydrogen) atoms. The van der Waals surface area contributed by atoms with Gasteiger partial charge < -0.3 is 5.32 Å². The van der Waals surface area contributed by atoms with Gasteiger partial charge in [-0.3, -0.25) is 4.79 Å². The maximum Gasteiger partial charge on any atom is 0.227 e. The quantitative estimate of drug-likeness (QED) is 0.847. The summed E-state index contributed by atoms with van der Waals surface area (Å²) in [6.45, 7) is 2.15. The molecule has 0 saturated heterocycles. The fourth-order valence-corrected chi connectivity index (χ4v) is 2.45. The fraction of sp³-hybridized carbons (Fsp3) is 0.500. The Kier molecular flexibility index (Phi) is 3.59. The van der Waals surface area contributed by atoms with Gasteiger partial charge in [0.15, 0.2) is 0 Å². The van der Waals surface area contributed by atoms with Gasteiger partial charge in [-0.2, -0.15) is 0 Å². The molecule has 1 saturated carbocycles. The molecule has 1 amide bonds. The van der Waals surface area contributed by atoms with Gasteiger partial charge >= 0.3 is 0 Å².